The van der Waals surface area contributed by atoms with Crippen LogP contribution < -0.4 is 0 Å². The molecule has 0 saturated heterocycles. The van der Waals surface area contributed by atoms with Crippen LogP contribution in [-0.2, 0) is 14.3 Å². The topological polar surface area (TPSA) is 35.5 Å². The minimum atomic E-state index is -0.306. The highest BCUT2D eigenvalue weighted by atomic mass is 16.6. The van der Waals surface area contributed by atoms with Gasteiger partial charge >= 0.3 is 5.97 Å². The van der Waals surface area contributed by atoms with Crippen molar-refractivity contribution in [3.63, 3.8) is 0 Å². The van der Waals surface area contributed by atoms with Crippen molar-refractivity contribution < 1.29 is 14.3 Å². The van der Waals surface area contributed by atoms with Gasteiger partial charge in [-0.25, -0.2) is 4.79 Å². The predicted octanol–water partition coefficient (Wildman–Crippen LogP) is 2.31. The van der Waals surface area contributed by atoms with Gasteiger partial charge in [0.25, 0.3) is 0 Å². The SMILES string of the molecule is C/C=C\C(=O)O[C@H](C)COCCCC. The second-order valence-electron chi connectivity index (χ2n) is 3.18. The predicted molar refractivity (Wildman–Crippen MR) is 56.1 cm³/mol. The molecule has 0 aromatic carbocycles. The molecule has 0 amide bonds. The van der Waals surface area contributed by atoms with Crippen LogP contribution in [0.15, 0.2) is 12.2 Å². The maximum atomic E-state index is 11.0. The van der Waals surface area contributed by atoms with Gasteiger partial charge in [0.2, 0.25) is 0 Å². The van der Waals surface area contributed by atoms with E-state index in [1.165, 1.54) is 6.08 Å². The quantitative estimate of drug-likeness (QED) is 0.359. The van der Waals surface area contributed by atoms with Crippen LogP contribution in [-0.4, -0.2) is 25.3 Å². The van der Waals surface area contributed by atoms with Gasteiger partial charge in [-0.1, -0.05) is 19.4 Å². The zero-order chi connectivity index (χ0) is 10.8. The molecule has 0 aromatic rings. The Morgan fingerprint density at radius 1 is 1.50 bits per heavy atom. The van der Waals surface area contributed by atoms with Gasteiger partial charge in [-0.15, -0.1) is 0 Å². The molecule has 0 aliphatic heterocycles. The normalized spacial score (nSPS) is 13.1. The second kappa shape index (κ2) is 8.75. The molecule has 0 aromatic heterocycles. The molecular formula is C11H20O3. The van der Waals surface area contributed by atoms with E-state index >= 15 is 0 Å². The Kier molecular flexibility index (Phi) is 8.24. The monoisotopic (exact) mass is 200 g/mol. The maximum Gasteiger partial charge on any atom is 0.330 e. The summed E-state index contributed by atoms with van der Waals surface area (Å²) < 4.78 is 10.3. The number of unbranched alkanes of at least 4 members (excludes halogenated alkanes) is 1. The minimum absolute atomic E-state index is 0.171. The molecule has 0 spiro atoms. The second-order valence-corrected chi connectivity index (χ2v) is 3.18. The van der Waals surface area contributed by atoms with Gasteiger partial charge < -0.3 is 9.47 Å². The molecule has 0 rings (SSSR count). The van der Waals surface area contributed by atoms with Crippen LogP contribution in [0.2, 0.25) is 0 Å². The Bertz CT molecular complexity index is 175. The molecular weight excluding hydrogens is 180 g/mol. The third-order valence-corrected chi connectivity index (χ3v) is 1.61. The van der Waals surface area contributed by atoms with Crippen LogP contribution >= 0.6 is 0 Å². The molecule has 0 saturated carbocycles. The number of allylic oxidation sites excluding steroid dienone is 1. The fourth-order valence-electron chi connectivity index (χ4n) is 0.903. The average Bonchev–Trinajstić information content (AvgIpc) is 2.13. The molecule has 0 N–H and O–H groups in total. The highest BCUT2D eigenvalue weighted by molar-refractivity contribution is 5.81. The first-order valence-electron chi connectivity index (χ1n) is 5.11. The number of carbonyl (C=O) groups excluding carboxylic acids is 1. The molecule has 0 radical (unpaired) electrons. The molecule has 82 valence electrons. The Hall–Kier alpha value is -0.830. The first kappa shape index (κ1) is 13.2. The van der Waals surface area contributed by atoms with Crippen molar-refractivity contribution in [2.24, 2.45) is 0 Å². The van der Waals surface area contributed by atoms with Crippen LogP contribution in [0.3, 0.4) is 0 Å². The van der Waals surface area contributed by atoms with Gasteiger partial charge in [0, 0.05) is 12.7 Å². The van der Waals surface area contributed by atoms with Gasteiger partial charge in [0.15, 0.2) is 0 Å². The lowest BCUT2D eigenvalue weighted by Gasteiger charge is -2.11. The summed E-state index contributed by atoms with van der Waals surface area (Å²) in [6.45, 7) is 6.93. The van der Waals surface area contributed by atoms with Crippen molar-refractivity contribution in [3.8, 4) is 0 Å². The maximum absolute atomic E-state index is 11.0. The number of ether oxygens (including phenoxy) is 2. The third kappa shape index (κ3) is 7.80. The summed E-state index contributed by atoms with van der Waals surface area (Å²) in [5.41, 5.74) is 0. The van der Waals surface area contributed by atoms with Crippen LogP contribution in [0.25, 0.3) is 0 Å². The van der Waals surface area contributed by atoms with Gasteiger partial charge in [-0.2, -0.15) is 0 Å². The Balaban J connectivity index is 3.44. The van der Waals surface area contributed by atoms with Gasteiger partial charge in [0.1, 0.15) is 6.10 Å². The van der Waals surface area contributed by atoms with Crippen LogP contribution in [0, 0.1) is 0 Å². The third-order valence-electron chi connectivity index (χ3n) is 1.61. The van der Waals surface area contributed by atoms with Crippen LogP contribution in [0.1, 0.15) is 33.6 Å². The van der Waals surface area contributed by atoms with E-state index in [1.807, 2.05) is 6.92 Å². The summed E-state index contributed by atoms with van der Waals surface area (Å²) in [4.78, 5) is 11.0. The fraction of sp³-hybridized carbons (Fsp3) is 0.727. The van der Waals surface area contributed by atoms with E-state index < -0.39 is 0 Å². The molecule has 0 bridgehead atoms. The van der Waals surface area contributed by atoms with Crippen molar-refractivity contribution in [3.05, 3.63) is 12.2 Å². The molecule has 3 heteroatoms. The summed E-state index contributed by atoms with van der Waals surface area (Å²) in [5, 5.41) is 0. The van der Waals surface area contributed by atoms with Crippen LogP contribution in [0.5, 0.6) is 0 Å². The largest absolute Gasteiger partial charge is 0.457 e. The summed E-state index contributed by atoms with van der Waals surface area (Å²) in [5.74, 6) is -0.306. The van der Waals surface area contributed by atoms with Crippen molar-refractivity contribution in [2.75, 3.05) is 13.2 Å². The van der Waals surface area contributed by atoms with E-state index in [9.17, 15) is 4.79 Å². The Labute approximate surface area is 86.1 Å². The zero-order valence-corrected chi connectivity index (χ0v) is 9.29. The average molecular weight is 200 g/mol. The molecule has 0 heterocycles. The number of rotatable bonds is 7. The first-order chi connectivity index (χ1) is 6.70. The summed E-state index contributed by atoms with van der Waals surface area (Å²) in [7, 11) is 0. The molecule has 14 heavy (non-hydrogen) atoms. The van der Waals surface area contributed by atoms with Gasteiger partial charge in [-0.05, 0) is 20.3 Å². The molecule has 0 fully saturated rings. The standard InChI is InChI=1S/C11H20O3/c1-4-6-8-13-9-10(3)14-11(12)7-5-2/h5,7,10H,4,6,8-9H2,1-3H3/b7-5-/t10-/m1/s1. The van der Waals surface area contributed by atoms with Crippen molar-refractivity contribution in [2.45, 2.75) is 39.7 Å². The van der Waals surface area contributed by atoms with Gasteiger partial charge in [-0.3, -0.25) is 0 Å². The Morgan fingerprint density at radius 2 is 2.21 bits per heavy atom. The molecule has 0 aliphatic carbocycles. The highest BCUT2D eigenvalue weighted by Crippen LogP contribution is 1.96. The summed E-state index contributed by atoms with van der Waals surface area (Å²) in [6, 6.07) is 0. The lowest BCUT2D eigenvalue weighted by molar-refractivity contribution is -0.144. The van der Waals surface area contributed by atoms with E-state index in [4.69, 9.17) is 9.47 Å². The number of carbonyl (C=O) groups is 1. The molecule has 0 unspecified atom stereocenters. The fourth-order valence-corrected chi connectivity index (χ4v) is 0.903. The van der Waals surface area contributed by atoms with E-state index in [0.717, 1.165) is 19.4 Å². The van der Waals surface area contributed by atoms with E-state index in [0.29, 0.717) is 6.61 Å². The minimum Gasteiger partial charge on any atom is -0.457 e. The Morgan fingerprint density at radius 3 is 2.79 bits per heavy atom. The lowest BCUT2D eigenvalue weighted by Crippen LogP contribution is -2.19. The van der Waals surface area contributed by atoms with Crippen molar-refractivity contribution in [1.82, 2.24) is 0 Å². The lowest BCUT2D eigenvalue weighted by atomic mass is 10.3. The summed E-state index contributed by atoms with van der Waals surface area (Å²) >= 11 is 0. The van der Waals surface area contributed by atoms with Crippen LogP contribution in [0.4, 0.5) is 0 Å². The van der Waals surface area contributed by atoms with Gasteiger partial charge in [0.05, 0.1) is 6.61 Å². The van der Waals surface area contributed by atoms with E-state index in [-0.39, 0.29) is 12.1 Å². The molecule has 3 nitrogen and oxygen atoms in total. The number of hydrogen-bond donors (Lipinski definition) is 0. The first-order valence-corrected chi connectivity index (χ1v) is 5.11. The smallest absolute Gasteiger partial charge is 0.330 e. The zero-order valence-electron chi connectivity index (χ0n) is 9.29. The molecule has 0 aliphatic rings. The molecule has 1 atom stereocenters. The summed E-state index contributed by atoms with van der Waals surface area (Å²) in [6.07, 6.45) is 5.06. The number of hydrogen-bond acceptors (Lipinski definition) is 3. The van der Waals surface area contributed by atoms with Crippen molar-refractivity contribution in [1.29, 1.82) is 0 Å². The highest BCUT2D eigenvalue weighted by Gasteiger charge is 2.05. The van der Waals surface area contributed by atoms with Crippen molar-refractivity contribution >= 4 is 5.97 Å². The van der Waals surface area contributed by atoms with E-state index in [2.05, 4.69) is 6.92 Å². The van der Waals surface area contributed by atoms with E-state index in [1.54, 1.807) is 13.0 Å². The number of esters is 1.